The molecule has 1 fully saturated rings. The Bertz CT molecular complexity index is 412. The van der Waals surface area contributed by atoms with Gasteiger partial charge in [-0.25, -0.2) is 0 Å². The van der Waals surface area contributed by atoms with E-state index >= 15 is 0 Å². The number of carbonyl (C=O) groups is 1. The molecule has 0 radical (unpaired) electrons. The van der Waals surface area contributed by atoms with Crippen LogP contribution >= 0.6 is 11.6 Å². The highest BCUT2D eigenvalue weighted by molar-refractivity contribution is 6.31. The van der Waals surface area contributed by atoms with Crippen molar-refractivity contribution >= 4 is 17.5 Å². The van der Waals surface area contributed by atoms with Crippen molar-refractivity contribution in [1.29, 1.82) is 0 Å². The van der Waals surface area contributed by atoms with Crippen LogP contribution in [0.5, 0.6) is 0 Å². The van der Waals surface area contributed by atoms with E-state index in [2.05, 4.69) is 17.6 Å². The number of nitrogens with one attached hydrogen (secondary N) is 2. The number of carbonyl (C=O) groups excluding carboxylic acids is 1. The second kappa shape index (κ2) is 6.25. The smallest absolute Gasteiger partial charge is 0.268 e. The fraction of sp³-hybridized carbons (Fsp3) is 0.615. The molecule has 5 heteroatoms. The maximum atomic E-state index is 12.0. The molecular weight excluding hydrogens is 250 g/mol. The molecule has 4 nitrogen and oxygen atoms in total. The third kappa shape index (κ3) is 3.75. The zero-order chi connectivity index (χ0) is 13.0. The second-order valence-electron chi connectivity index (χ2n) is 4.72. The molecule has 18 heavy (non-hydrogen) atoms. The quantitative estimate of drug-likeness (QED) is 0.744. The van der Waals surface area contributed by atoms with Gasteiger partial charge in [-0.1, -0.05) is 18.5 Å². The third-order valence-corrected chi connectivity index (χ3v) is 3.19. The Kier molecular flexibility index (Phi) is 4.66. The Morgan fingerprint density at radius 2 is 2.28 bits per heavy atom. The number of hydrogen-bond acceptors (Lipinski definition) is 2. The minimum absolute atomic E-state index is 0.0482. The highest BCUT2D eigenvalue weighted by atomic mass is 35.5. The van der Waals surface area contributed by atoms with E-state index in [1.807, 2.05) is 10.8 Å². The standard InChI is InChI=1S/C13H20ClN3O/c1-2-7-17-9-10(14)8-12(17)13(18)16-6-5-15-11-3-4-11/h8-9,11,15H,2-7H2,1H3,(H,16,18). The molecule has 1 saturated carbocycles. The van der Waals surface area contributed by atoms with Gasteiger partial charge in [0.1, 0.15) is 5.69 Å². The molecule has 0 unspecified atom stereocenters. The summed E-state index contributed by atoms with van der Waals surface area (Å²) in [4.78, 5) is 12.0. The minimum Gasteiger partial charge on any atom is -0.349 e. The van der Waals surface area contributed by atoms with Crippen LogP contribution in [0, 0.1) is 0 Å². The summed E-state index contributed by atoms with van der Waals surface area (Å²) < 4.78 is 1.91. The maximum Gasteiger partial charge on any atom is 0.268 e. The van der Waals surface area contributed by atoms with Crippen LogP contribution in [0.4, 0.5) is 0 Å². The van der Waals surface area contributed by atoms with Gasteiger partial charge in [0.25, 0.3) is 5.91 Å². The van der Waals surface area contributed by atoms with Gasteiger partial charge in [0.2, 0.25) is 0 Å². The van der Waals surface area contributed by atoms with Crippen LogP contribution in [0.1, 0.15) is 36.7 Å². The van der Waals surface area contributed by atoms with Gasteiger partial charge in [0, 0.05) is 31.9 Å². The van der Waals surface area contributed by atoms with Gasteiger partial charge in [-0.3, -0.25) is 4.79 Å². The van der Waals surface area contributed by atoms with Gasteiger partial charge in [-0.2, -0.15) is 0 Å². The van der Waals surface area contributed by atoms with Crippen molar-refractivity contribution in [3.8, 4) is 0 Å². The Hall–Kier alpha value is -1.00. The van der Waals surface area contributed by atoms with Gasteiger partial charge in [0.05, 0.1) is 5.02 Å². The van der Waals surface area contributed by atoms with Crippen molar-refractivity contribution in [3.63, 3.8) is 0 Å². The first-order chi connectivity index (χ1) is 8.70. The Labute approximate surface area is 113 Å². The first-order valence-electron chi connectivity index (χ1n) is 6.58. The summed E-state index contributed by atoms with van der Waals surface area (Å²) in [5, 5.41) is 6.89. The van der Waals surface area contributed by atoms with E-state index in [0.717, 1.165) is 19.5 Å². The average Bonchev–Trinajstić information content (AvgIpc) is 3.09. The summed E-state index contributed by atoms with van der Waals surface area (Å²) >= 11 is 5.94. The number of aryl methyl sites for hydroxylation is 1. The molecule has 1 heterocycles. The number of hydrogen-bond donors (Lipinski definition) is 2. The fourth-order valence-electron chi connectivity index (χ4n) is 1.92. The molecule has 0 saturated heterocycles. The lowest BCUT2D eigenvalue weighted by Crippen LogP contribution is -2.33. The lowest BCUT2D eigenvalue weighted by molar-refractivity contribution is 0.0944. The highest BCUT2D eigenvalue weighted by Crippen LogP contribution is 2.18. The van der Waals surface area contributed by atoms with E-state index in [1.165, 1.54) is 12.8 Å². The molecule has 0 atom stereocenters. The summed E-state index contributed by atoms with van der Waals surface area (Å²) in [5.74, 6) is -0.0482. The zero-order valence-electron chi connectivity index (χ0n) is 10.7. The van der Waals surface area contributed by atoms with Crippen LogP contribution in [0.15, 0.2) is 12.3 Å². The molecule has 0 spiro atoms. The molecule has 100 valence electrons. The second-order valence-corrected chi connectivity index (χ2v) is 5.16. The molecule has 2 rings (SSSR count). The van der Waals surface area contributed by atoms with Crippen molar-refractivity contribution in [1.82, 2.24) is 15.2 Å². The van der Waals surface area contributed by atoms with Crippen molar-refractivity contribution in [3.05, 3.63) is 23.0 Å². The highest BCUT2D eigenvalue weighted by Gasteiger charge is 2.19. The average molecular weight is 270 g/mol. The Morgan fingerprint density at radius 3 is 2.94 bits per heavy atom. The van der Waals surface area contributed by atoms with E-state index < -0.39 is 0 Å². The molecule has 0 aromatic carbocycles. The lowest BCUT2D eigenvalue weighted by atomic mass is 10.3. The number of aromatic nitrogens is 1. The summed E-state index contributed by atoms with van der Waals surface area (Å²) in [5.41, 5.74) is 0.647. The lowest BCUT2D eigenvalue weighted by Gasteiger charge is -2.09. The molecule has 2 N–H and O–H groups in total. The fourth-order valence-corrected chi connectivity index (χ4v) is 2.14. The summed E-state index contributed by atoms with van der Waals surface area (Å²) in [7, 11) is 0. The van der Waals surface area contributed by atoms with E-state index in [0.29, 0.717) is 23.3 Å². The number of rotatable bonds is 7. The van der Waals surface area contributed by atoms with Crippen LogP contribution in [0.25, 0.3) is 0 Å². The molecular formula is C13H20ClN3O. The van der Waals surface area contributed by atoms with Gasteiger partial charge in [-0.15, -0.1) is 0 Å². The van der Waals surface area contributed by atoms with Crippen LogP contribution < -0.4 is 10.6 Å². The predicted molar refractivity (Wildman–Crippen MR) is 73.1 cm³/mol. The van der Waals surface area contributed by atoms with E-state index in [1.54, 1.807) is 6.07 Å². The van der Waals surface area contributed by atoms with Crippen molar-refractivity contribution in [2.75, 3.05) is 13.1 Å². The first-order valence-corrected chi connectivity index (χ1v) is 6.95. The molecule has 0 bridgehead atoms. The molecule has 0 aliphatic heterocycles. The SMILES string of the molecule is CCCn1cc(Cl)cc1C(=O)NCCNC1CC1. The third-order valence-electron chi connectivity index (χ3n) is 2.98. The van der Waals surface area contributed by atoms with Gasteiger partial charge < -0.3 is 15.2 Å². The van der Waals surface area contributed by atoms with E-state index in [4.69, 9.17) is 11.6 Å². The maximum absolute atomic E-state index is 12.0. The largest absolute Gasteiger partial charge is 0.349 e. The van der Waals surface area contributed by atoms with Crippen molar-refractivity contribution in [2.45, 2.75) is 38.8 Å². The molecule has 1 aromatic rings. The number of amides is 1. The minimum atomic E-state index is -0.0482. The van der Waals surface area contributed by atoms with Gasteiger partial charge in [-0.05, 0) is 25.3 Å². The molecule has 1 aromatic heterocycles. The van der Waals surface area contributed by atoms with Crippen LogP contribution in [-0.4, -0.2) is 29.6 Å². The van der Waals surface area contributed by atoms with Gasteiger partial charge >= 0.3 is 0 Å². The monoisotopic (exact) mass is 269 g/mol. The molecule has 1 amide bonds. The van der Waals surface area contributed by atoms with E-state index in [9.17, 15) is 4.79 Å². The summed E-state index contributed by atoms with van der Waals surface area (Å²) in [6, 6.07) is 2.40. The van der Waals surface area contributed by atoms with Crippen LogP contribution in [0.2, 0.25) is 5.02 Å². The first kappa shape index (κ1) is 13.4. The predicted octanol–water partition coefficient (Wildman–Crippen LogP) is 2.03. The number of halogens is 1. The summed E-state index contributed by atoms with van der Waals surface area (Å²) in [6.07, 6.45) is 5.32. The molecule has 1 aliphatic rings. The van der Waals surface area contributed by atoms with E-state index in [-0.39, 0.29) is 5.91 Å². The topological polar surface area (TPSA) is 46.1 Å². The Morgan fingerprint density at radius 1 is 1.50 bits per heavy atom. The molecule has 1 aliphatic carbocycles. The normalized spacial score (nSPS) is 14.8. The van der Waals surface area contributed by atoms with Crippen LogP contribution in [0.3, 0.4) is 0 Å². The number of nitrogens with zero attached hydrogens (tertiary/aromatic N) is 1. The van der Waals surface area contributed by atoms with Gasteiger partial charge in [0.15, 0.2) is 0 Å². The van der Waals surface area contributed by atoms with Crippen LogP contribution in [-0.2, 0) is 6.54 Å². The Balaban J connectivity index is 1.82. The zero-order valence-corrected chi connectivity index (χ0v) is 11.5. The van der Waals surface area contributed by atoms with Crippen molar-refractivity contribution in [2.24, 2.45) is 0 Å². The summed E-state index contributed by atoms with van der Waals surface area (Å²) in [6.45, 7) is 4.38. The van der Waals surface area contributed by atoms with Crippen molar-refractivity contribution < 1.29 is 4.79 Å².